The second-order valence-corrected chi connectivity index (χ2v) is 8.68. The first-order valence-corrected chi connectivity index (χ1v) is 10.9. The number of carbonyl (C=O) groups is 1. The topological polar surface area (TPSA) is 20.3 Å². The molecule has 0 amide bonds. The number of hydrogen-bond donors (Lipinski definition) is 0. The number of aryl methyl sites for hydroxylation is 1. The second-order valence-electron chi connectivity index (χ2n) is 7.77. The van der Waals surface area contributed by atoms with Gasteiger partial charge in [-0.05, 0) is 47.9 Å². The van der Waals surface area contributed by atoms with Crippen LogP contribution in [-0.4, -0.2) is 23.8 Å². The Morgan fingerprint density at radius 3 is 2.10 bits per heavy atom. The van der Waals surface area contributed by atoms with Crippen LogP contribution >= 0.6 is 15.9 Å². The summed E-state index contributed by atoms with van der Waals surface area (Å²) in [6.45, 7) is 4.18. The Morgan fingerprint density at radius 1 is 0.833 bits per heavy atom. The summed E-state index contributed by atoms with van der Waals surface area (Å²) in [4.78, 5) is 15.7. The SMILES string of the molecule is Cc1cccc(/C=C2\CN(Cc3ccccc3)C/C(=C\c3cccc(Br)c3)C2=O)c1. The smallest absolute Gasteiger partial charge is 0.187 e. The molecule has 150 valence electrons. The number of hydrogen-bond acceptors (Lipinski definition) is 2. The third kappa shape index (κ3) is 5.24. The minimum atomic E-state index is 0.140. The fourth-order valence-corrected chi connectivity index (χ4v) is 4.24. The second kappa shape index (κ2) is 9.38. The molecule has 0 bridgehead atoms. The molecular weight excluding hydrogens is 434 g/mol. The fourth-order valence-electron chi connectivity index (χ4n) is 3.82. The molecule has 0 spiro atoms. The van der Waals surface area contributed by atoms with Crippen LogP contribution in [0.3, 0.4) is 0 Å². The molecule has 0 aromatic heterocycles. The van der Waals surface area contributed by atoms with E-state index in [0.29, 0.717) is 13.1 Å². The van der Waals surface area contributed by atoms with Crippen molar-refractivity contribution in [2.45, 2.75) is 13.5 Å². The Hall–Kier alpha value is -2.75. The van der Waals surface area contributed by atoms with Crippen LogP contribution in [0, 0.1) is 6.92 Å². The number of Topliss-reactive ketones (excluding diaryl/α,β-unsaturated/α-hetero) is 1. The molecule has 0 N–H and O–H groups in total. The third-order valence-corrected chi connectivity index (χ3v) is 5.69. The van der Waals surface area contributed by atoms with Gasteiger partial charge in [-0.25, -0.2) is 0 Å². The monoisotopic (exact) mass is 457 g/mol. The summed E-state index contributed by atoms with van der Waals surface area (Å²) in [6, 6.07) is 26.8. The maximum absolute atomic E-state index is 13.3. The first-order valence-electron chi connectivity index (χ1n) is 10.1. The van der Waals surface area contributed by atoms with Crippen LogP contribution in [0.25, 0.3) is 12.2 Å². The molecule has 0 saturated carbocycles. The molecule has 1 saturated heterocycles. The van der Waals surface area contributed by atoms with E-state index in [1.54, 1.807) is 0 Å². The van der Waals surface area contributed by atoms with Gasteiger partial charge in [-0.3, -0.25) is 9.69 Å². The van der Waals surface area contributed by atoms with Crippen LogP contribution in [-0.2, 0) is 11.3 Å². The lowest BCUT2D eigenvalue weighted by Gasteiger charge is -2.30. The number of ketones is 1. The predicted molar refractivity (Wildman–Crippen MR) is 128 cm³/mol. The van der Waals surface area contributed by atoms with E-state index in [0.717, 1.165) is 33.3 Å². The van der Waals surface area contributed by atoms with Crippen LogP contribution < -0.4 is 0 Å². The van der Waals surface area contributed by atoms with Crippen LogP contribution in [0.15, 0.2) is 94.5 Å². The molecule has 0 atom stereocenters. The normalized spacial score (nSPS) is 17.6. The number of halogens is 1. The molecule has 3 heteroatoms. The van der Waals surface area contributed by atoms with Crippen molar-refractivity contribution in [3.05, 3.63) is 117 Å². The van der Waals surface area contributed by atoms with Gasteiger partial charge < -0.3 is 0 Å². The average molecular weight is 458 g/mol. The summed E-state index contributed by atoms with van der Waals surface area (Å²) in [5, 5.41) is 0. The molecule has 3 aromatic carbocycles. The Balaban J connectivity index is 1.69. The number of piperidine rings is 1. The van der Waals surface area contributed by atoms with E-state index in [2.05, 4.69) is 70.2 Å². The van der Waals surface area contributed by atoms with Gasteiger partial charge in [0, 0.05) is 35.3 Å². The van der Waals surface area contributed by atoms with Gasteiger partial charge in [0.15, 0.2) is 5.78 Å². The van der Waals surface area contributed by atoms with E-state index < -0.39 is 0 Å². The molecule has 30 heavy (non-hydrogen) atoms. The van der Waals surface area contributed by atoms with Crippen molar-refractivity contribution in [1.82, 2.24) is 4.90 Å². The highest BCUT2D eigenvalue weighted by atomic mass is 79.9. The van der Waals surface area contributed by atoms with E-state index in [9.17, 15) is 4.79 Å². The lowest BCUT2D eigenvalue weighted by Crippen LogP contribution is -2.37. The van der Waals surface area contributed by atoms with Crippen molar-refractivity contribution in [2.24, 2.45) is 0 Å². The first kappa shape index (κ1) is 20.5. The van der Waals surface area contributed by atoms with Crippen LogP contribution in [0.1, 0.15) is 22.3 Å². The van der Waals surface area contributed by atoms with Crippen LogP contribution in [0.4, 0.5) is 0 Å². The molecule has 2 nitrogen and oxygen atoms in total. The number of rotatable bonds is 4. The van der Waals surface area contributed by atoms with E-state index >= 15 is 0 Å². The van der Waals surface area contributed by atoms with E-state index in [1.807, 2.05) is 48.6 Å². The lowest BCUT2D eigenvalue weighted by atomic mass is 9.93. The zero-order chi connectivity index (χ0) is 20.9. The summed E-state index contributed by atoms with van der Waals surface area (Å²) in [6.07, 6.45) is 4.07. The maximum Gasteiger partial charge on any atom is 0.187 e. The maximum atomic E-state index is 13.3. The van der Waals surface area contributed by atoms with Crippen LogP contribution in [0.2, 0.25) is 0 Å². The van der Waals surface area contributed by atoms with Gasteiger partial charge in [-0.1, -0.05) is 88.2 Å². The highest BCUT2D eigenvalue weighted by molar-refractivity contribution is 9.10. The Morgan fingerprint density at radius 2 is 1.47 bits per heavy atom. The van der Waals surface area contributed by atoms with Crippen LogP contribution in [0.5, 0.6) is 0 Å². The highest BCUT2D eigenvalue weighted by Gasteiger charge is 2.26. The summed E-state index contributed by atoms with van der Waals surface area (Å²) >= 11 is 3.53. The summed E-state index contributed by atoms with van der Waals surface area (Å²) in [5.41, 5.74) is 6.21. The Kier molecular flexibility index (Phi) is 6.41. The highest BCUT2D eigenvalue weighted by Crippen LogP contribution is 2.24. The third-order valence-electron chi connectivity index (χ3n) is 5.19. The van der Waals surface area contributed by atoms with Crippen molar-refractivity contribution in [3.63, 3.8) is 0 Å². The number of nitrogens with zero attached hydrogens (tertiary/aromatic N) is 1. The zero-order valence-electron chi connectivity index (χ0n) is 17.0. The van der Waals surface area contributed by atoms with Gasteiger partial charge in [0.25, 0.3) is 0 Å². The zero-order valence-corrected chi connectivity index (χ0v) is 18.6. The van der Waals surface area contributed by atoms with E-state index in [-0.39, 0.29) is 5.78 Å². The van der Waals surface area contributed by atoms with E-state index in [1.165, 1.54) is 11.1 Å². The molecule has 1 aliphatic rings. The molecule has 0 aliphatic carbocycles. The van der Waals surface area contributed by atoms with Crippen molar-refractivity contribution >= 4 is 33.9 Å². The molecule has 0 radical (unpaired) electrons. The lowest BCUT2D eigenvalue weighted by molar-refractivity contribution is -0.113. The van der Waals surface area contributed by atoms with Crippen molar-refractivity contribution < 1.29 is 4.79 Å². The van der Waals surface area contributed by atoms with Gasteiger partial charge in [-0.15, -0.1) is 0 Å². The number of carbonyl (C=O) groups excluding carboxylic acids is 1. The van der Waals surface area contributed by atoms with Crippen molar-refractivity contribution in [3.8, 4) is 0 Å². The number of likely N-dealkylation sites (tertiary alicyclic amines) is 1. The summed E-state index contributed by atoms with van der Waals surface area (Å²) in [5.74, 6) is 0.140. The van der Waals surface area contributed by atoms with Gasteiger partial charge in [0.05, 0.1) is 0 Å². The van der Waals surface area contributed by atoms with Gasteiger partial charge in [0.2, 0.25) is 0 Å². The largest absolute Gasteiger partial charge is 0.290 e. The Labute approximate surface area is 186 Å². The standard InChI is InChI=1S/C27H24BrNO/c1-20-7-5-10-22(13-20)14-24-18-29(17-21-8-3-2-4-9-21)19-25(27(24)30)15-23-11-6-12-26(28)16-23/h2-16H,17-19H2,1H3/b24-14+,25-15+. The van der Waals surface area contributed by atoms with Crippen molar-refractivity contribution in [1.29, 1.82) is 0 Å². The molecule has 3 aromatic rings. The quantitative estimate of drug-likeness (QED) is 0.427. The number of benzene rings is 3. The minimum absolute atomic E-state index is 0.140. The molecule has 0 unspecified atom stereocenters. The molecule has 4 rings (SSSR count). The molecular formula is C27H24BrNO. The molecule has 1 aliphatic heterocycles. The summed E-state index contributed by atoms with van der Waals surface area (Å²) < 4.78 is 1.01. The Bertz CT molecular complexity index is 1050. The van der Waals surface area contributed by atoms with Crippen molar-refractivity contribution in [2.75, 3.05) is 13.1 Å². The van der Waals surface area contributed by atoms with Gasteiger partial charge in [0.1, 0.15) is 0 Å². The fraction of sp³-hybridized carbons (Fsp3) is 0.148. The average Bonchev–Trinajstić information content (AvgIpc) is 2.72. The predicted octanol–water partition coefficient (Wildman–Crippen LogP) is 6.31. The molecule has 1 heterocycles. The van der Waals surface area contributed by atoms with Gasteiger partial charge in [-0.2, -0.15) is 0 Å². The minimum Gasteiger partial charge on any atom is -0.290 e. The summed E-state index contributed by atoms with van der Waals surface area (Å²) in [7, 11) is 0. The molecule has 1 fully saturated rings. The van der Waals surface area contributed by atoms with Gasteiger partial charge >= 0.3 is 0 Å². The van der Waals surface area contributed by atoms with E-state index in [4.69, 9.17) is 0 Å². The first-order chi connectivity index (χ1) is 14.6.